The smallest absolute Gasteiger partial charge is 0.230 e. The fourth-order valence-corrected chi connectivity index (χ4v) is 2.32. The summed E-state index contributed by atoms with van der Waals surface area (Å²) in [7, 11) is 0. The van der Waals surface area contributed by atoms with Gasteiger partial charge in [-0.2, -0.15) is 0 Å². The van der Waals surface area contributed by atoms with E-state index in [9.17, 15) is 4.79 Å². The topological polar surface area (TPSA) is 57.8 Å². The van der Waals surface area contributed by atoms with E-state index in [1.165, 1.54) is 5.56 Å². The van der Waals surface area contributed by atoms with Crippen molar-refractivity contribution in [2.45, 2.75) is 18.2 Å². The first-order valence-corrected chi connectivity index (χ1v) is 7.17. The van der Waals surface area contributed by atoms with Crippen LogP contribution in [0.1, 0.15) is 11.4 Å². The summed E-state index contributed by atoms with van der Waals surface area (Å²) in [6.07, 6.45) is 4.22. The van der Waals surface area contributed by atoms with Crippen molar-refractivity contribution in [1.82, 2.24) is 15.3 Å². The maximum absolute atomic E-state index is 11.6. The molecule has 5 heteroatoms. The minimum Gasteiger partial charge on any atom is -0.355 e. The number of aromatic amines is 1. The third kappa shape index (κ3) is 4.79. The van der Waals surface area contributed by atoms with Crippen LogP contribution in [-0.4, -0.2) is 28.2 Å². The monoisotopic (exact) mass is 275 g/mol. The lowest BCUT2D eigenvalue weighted by atomic mass is 10.2. The molecule has 0 saturated heterocycles. The standard InChI is InChI=1S/C14H17N3OS/c1-11-2-4-12(5-3-11)19-10-14(18)17-7-6-13-15-8-9-16-13/h2-5,8-9H,6-7,10H2,1H3,(H,15,16)(H,17,18). The first-order chi connectivity index (χ1) is 9.24. The molecule has 0 saturated carbocycles. The first kappa shape index (κ1) is 13.7. The summed E-state index contributed by atoms with van der Waals surface area (Å²) in [4.78, 5) is 19.9. The van der Waals surface area contributed by atoms with Crippen LogP contribution in [0.25, 0.3) is 0 Å². The van der Waals surface area contributed by atoms with Crippen LogP contribution in [0.5, 0.6) is 0 Å². The van der Waals surface area contributed by atoms with Crippen molar-refractivity contribution < 1.29 is 4.79 Å². The molecule has 2 N–H and O–H groups in total. The molecule has 1 heterocycles. The van der Waals surface area contributed by atoms with E-state index in [1.54, 1.807) is 24.2 Å². The lowest BCUT2D eigenvalue weighted by molar-refractivity contribution is -0.118. The van der Waals surface area contributed by atoms with Crippen LogP contribution >= 0.6 is 11.8 Å². The number of nitrogens with zero attached hydrogens (tertiary/aromatic N) is 1. The summed E-state index contributed by atoms with van der Waals surface area (Å²) < 4.78 is 0. The fraction of sp³-hybridized carbons (Fsp3) is 0.286. The van der Waals surface area contributed by atoms with Crippen molar-refractivity contribution in [3.63, 3.8) is 0 Å². The minimum absolute atomic E-state index is 0.0529. The lowest BCUT2D eigenvalue weighted by Gasteiger charge is -2.04. The van der Waals surface area contributed by atoms with Crippen LogP contribution in [0.2, 0.25) is 0 Å². The Hall–Kier alpha value is -1.75. The zero-order chi connectivity index (χ0) is 13.5. The number of H-pyrrole nitrogens is 1. The van der Waals surface area contributed by atoms with Crippen molar-refractivity contribution in [1.29, 1.82) is 0 Å². The number of aryl methyl sites for hydroxylation is 1. The van der Waals surface area contributed by atoms with Gasteiger partial charge in [-0.25, -0.2) is 4.98 Å². The molecular formula is C14H17N3OS. The van der Waals surface area contributed by atoms with Gasteiger partial charge in [0.2, 0.25) is 5.91 Å². The van der Waals surface area contributed by atoms with Gasteiger partial charge in [0.15, 0.2) is 0 Å². The summed E-state index contributed by atoms with van der Waals surface area (Å²) in [5.74, 6) is 1.39. The molecule has 0 aliphatic heterocycles. The number of hydrogen-bond donors (Lipinski definition) is 2. The van der Waals surface area contributed by atoms with Crippen molar-refractivity contribution in [3.05, 3.63) is 48.0 Å². The quantitative estimate of drug-likeness (QED) is 0.794. The molecule has 0 bridgehead atoms. The maximum Gasteiger partial charge on any atom is 0.230 e. The number of imidazole rings is 1. The molecule has 0 aliphatic carbocycles. The number of thioether (sulfide) groups is 1. The molecule has 0 unspecified atom stereocenters. The Morgan fingerprint density at radius 2 is 2.16 bits per heavy atom. The maximum atomic E-state index is 11.6. The molecule has 2 aromatic rings. The van der Waals surface area contributed by atoms with Gasteiger partial charge in [-0.05, 0) is 19.1 Å². The Kier molecular flexibility index (Phi) is 5.03. The molecule has 1 amide bonds. The average molecular weight is 275 g/mol. The molecule has 1 aromatic heterocycles. The second-order valence-electron chi connectivity index (χ2n) is 4.24. The van der Waals surface area contributed by atoms with E-state index in [0.29, 0.717) is 12.3 Å². The van der Waals surface area contributed by atoms with Crippen LogP contribution in [0.4, 0.5) is 0 Å². The highest BCUT2D eigenvalue weighted by atomic mass is 32.2. The molecule has 0 atom stereocenters. The van der Waals surface area contributed by atoms with Gasteiger partial charge in [0, 0.05) is 30.3 Å². The number of aromatic nitrogens is 2. The highest BCUT2D eigenvalue weighted by Gasteiger charge is 2.03. The van der Waals surface area contributed by atoms with Gasteiger partial charge in [-0.15, -0.1) is 11.8 Å². The van der Waals surface area contributed by atoms with Gasteiger partial charge in [-0.3, -0.25) is 4.79 Å². The molecule has 1 aromatic carbocycles. The highest BCUT2D eigenvalue weighted by molar-refractivity contribution is 8.00. The Balaban J connectivity index is 1.65. The minimum atomic E-state index is 0.0529. The molecule has 100 valence electrons. The number of carbonyl (C=O) groups excluding carboxylic acids is 1. The molecule has 4 nitrogen and oxygen atoms in total. The molecule has 19 heavy (non-hydrogen) atoms. The summed E-state index contributed by atoms with van der Waals surface area (Å²) >= 11 is 1.55. The summed E-state index contributed by atoms with van der Waals surface area (Å²) in [6.45, 7) is 2.66. The third-order valence-electron chi connectivity index (χ3n) is 2.63. The average Bonchev–Trinajstić information content (AvgIpc) is 2.91. The van der Waals surface area contributed by atoms with Crippen molar-refractivity contribution in [2.75, 3.05) is 12.3 Å². The van der Waals surface area contributed by atoms with Crippen LogP contribution < -0.4 is 5.32 Å². The third-order valence-corrected chi connectivity index (χ3v) is 3.64. The zero-order valence-corrected chi connectivity index (χ0v) is 11.7. The lowest BCUT2D eigenvalue weighted by Crippen LogP contribution is -2.27. The Bertz CT molecular complexity index is 508. The molecule has 0 fully saturated rings. The van der Waals surface area contributed by atoms with Crippen molar-refractivity contribution in [2.24, 2.45) is 0 Å². The molecule has 0 radical (unpaired) electrons. The second-order valence-corrected chi connectivity index (χ2v) is 5.29. The number of nitrogens with one attached hydrogen (secondary N) is 2. The highest BCUT2D eigenvalue weighted by Crippen LogP contribution is 2.17. The Labute approximate surface area is 117 Å². The fourth-order valence-electron chi connectivity index (χ4n) is 1.59. The number of rotatable bonds is 6. The number of benzene rings is 1. The SMILES string of the molecule is Cc1ccc(SCC(=O)NCCc2ncc[nH]2)cc1. The summed E-state index contributed by atoms with van der Waals surface area (Å²) in [5.41, 5.74) is 1.23. The second kappa shape index (κ2) is 6.99. The van der Waals surface area contributed by atoms with Gasteiger partial charge >= 0.3 is 0 Å². The normalized spacial score (nSPS) is 10.4. The van der Waals surface area contributed by atoms with Gasteiger partial charge in [0.25, 0.3) is 0 Å². The van der Waals surface area contributed by atoms with Crippen LogP contribution in [0, 0.1) is 6.92 Å². The number of carbonyl (C=O) groups is 1. The van der Waals surface area contributed by atoms with E-state index in [-0.39, 0.29) is 5.91 Å². The van der Waals surface area contributed by atoms with Gasteiger partial charge in [-0.1, -0.05) is 17.7 Å². The van der Waals surface area contributed by atoms with Gasteiger partial charge in [0.05, 0.1) is 5.75 Å². The van der Waals surface area contributed by atoms with E-state index in [0.717, 1.165) is 17.1 Å². The van der Waals surface area contributed by atoms with E-state index >= 15 is 0 Å². The number of amides is 1. The van der Waals surface area contributed by atoms with E-state index < -0.39 is 0 Å². The van der Waals surface area contributed by atoms with Gasteiger partial charge < -0.3 is 10.3 Å². The predicted octanol–water partition coefficient (Wildman–Crippen LogP) is 2.17. The Morgan fingerprint density at radius 3 is 2.84 bits per heavy atom. The first-order valence-electron chi connectivity index (χ1n) is 6.18. The van der Waals surface area contributed by atoms with Gasteiger partial charge in [0.1, 0.15) is 5.82 Å². The van der Waals surface area contributed by atoms with Crippen LogP contribution in [-0.2, 0) is 11.2 Å². The van der Waals surface area contributed by atoms with Crippen molar-refractivity contribution >= 4 is 17.7 Å². The molecule has 0 spiro atoms. The Morgan fingerprint density at radius 1 is 1.37 bits per heavy atom. The van der Waals surface area contributed by atoms with E-state index in [4.69, 9.17) is 0 Å². The molecule has 2 rings (SSSR count). The van der Waals surface area contributed by atoms with Crippen LogP contribution in [0.3, 0.4) is 0 Å². The predicted molar refractivity (Wildman–Crippen MR) is 77.2 cm³/mol. The van der Waals surface area contributed by atoms with Crippen LogP contribution in [0.15, 0.2) is 41.6 Å². The van der Waals surface area contributed by atoms with E-state index in [1.807, 2.05) is 12.1 Å². The largest absolute Gasteiger partial charge is 0.355 e. The molecular weight excluding hydrogens is 258 g/mol. The summed E-state index contributed by atoms with van der Waals surface area (Å²) in [6, 6.07) is 8.18. The molecule has 0 aliphatic rings. The summed E-state index contributed by atoms with van der Waals surface area (Å²) in [5, 5.41) is 2.88. The van der Waals surface area contributed by atoms with E-state index in [2.05, 4.69) is 34.3 Å². The zero-order valence-electron chi connectivity index (χ0n) is 10.8. The number of hydrogen-bond acceptors (Lipinski definition) is 3. The van der Waals surface area contributed by atoms with Crippen molar-refractivity contribution in [3.8, 4) is 0 Å².